The van der Waals surface area contributed by atoms with Crippen LogP contribution < -0.4 is 10.2 Å². The van der Waals surface area contributed by atoms with E-state index in [0.717, 1.165) is 41.7 Å². The molecule has 1 amide bonds. The lowest BCUT2D eigenvalue weighted by molar-refractivity contribution is -0.144. The largest absolute Gasteiger partial charge is 0.433 e. The van der Waals surface area contributed by atoms with Gasteiger partial charge in [-0.1, -0.05) is 11.3 Å². The maximum atomic E-state index is 13.2. The Hall–Kier alpha value is -2.66. The molecule has 0 saturated carbocycles. The molecule has 28 heavy (non-hydrogen) atoms. The number of thiazole rings is 1. The lowest BCUT2D eigenvalue weighted by Crippen LogP contribution is -2.36. The number of halogens is 3. The Bertz CT molecular complexity index is 1020. The number of nitrogens with zero attached hydrogens (tertiary/aromatic N) is 4. The number of aryl methyl sites for hydroxylation is 1. The topological polar surface area (TPSA) is 72.3 Å². The standard InChI is InChI=1S/C17H16F3N5O2S/c1-24-14(17(18,19)20)11(9-21-24)15(26)22-10-2-3-12-13(8-10)28-16(23-12)25-4-6-27-7-5-25/h2-3,8-9H,4-7H2,1H3,(H,22,26). The molecular weight excluding hydrogens is 395 g/mol. The highest BCUT2D eigenvalue weighted by atomic mass is 32.1. The summed E-state index contributed by atoms with van der Waals surface area (Å²) in [5.74, 6) is -0.863. The van der Waals surface area contributed by atoms with Gasteiger partial charge in [0.25, 0.3) is 5.91 Å². The first-order valence-corrected chi connectivity index (χ1v) is 9.28. The summed E-state index contributed by atoms with van der Waals surface area (Å²) in [6.45, 7) is 2.79. The highest BCUT2D eigenvalue weighted by Crippen LogP contribution is 2.33. The number of amides is 1. The zero-order chi connectivity index (χ0) is 19.9. The normalized spacial score (nSPS) is 15.2. The first kappa shape index (κ1) is 18.7. The molecule has 148 valence electrons. The minimum absolute atomic E-state index is 0.395. The molecule has 1 saturated heterocycles. The van der Waals surface area contributed by atoms with E-state index in [1.165, 1.54) is 11.3 Å². The molecule has 0 radical (unpaired) electrons. The Labute approximate surface area is 161 Å². The highest BCUT2D eigenvalue weighted by molar-refractivity contribution is 7.22. The number of rotatable bonds is 3. The van der Waals surface area contributed by atoms with Gasteiger partial charge in [0.2, 0.25) is 0 Å². The van der Waals surface area contributed by atoms with Crippen molar-refractivity contribution in [2.75, 3.05) is 36.5 Å². The SMILES string of the molecule is Cn1ncc(C(=O)Nc2ccc3nc(N4CCOCC4)sc3c2)c1C(F)(F)F. The van der Waals surface area contributed by atoms with Gasteiger partial charge in [0.15, 0.2) is 10.8 Å². The van der Waals surface area contributed by atoms with E-state index < -0.39 is 23.3 Å². The lowest BCUT2D eigenvalue weighted by atomic mass is 10.2. The predicted molar refractivity (Wildman–Crippen MR) is 98.8 cm³/mol. The molecule has 0 aliphatic carbocycles. The van der Waals surface area contributed by atoms with E-state index >= 15 is 0 Å². The fourth-order valence-corrected chi connectivity index (χ4v) is 4.07. The Kier molecular flexibility index (Phi) is 4.71. The molecule has 7 nitrogen and oxygen atoms in total. The van der Waals surface area contributed by atoms with Gasteiger partial charge in [0, 0.05) is 25.8 Å². The molecule has 4 rings (SSSR count). The van der Waals surface area contributed by atoms with Crippen molar-refractivity contribution in [3.63, 3.8) is 0 Å². The molecule has 1 aliphatic rings. The molecule has 2 aromatic heterocycles. The number of carbonyl (C=O) groups excluding carboxylic acids is 1. The third-order valence-electron chi connectivity index (χ3n) is 4.37. The molecule has 1 N–H and O–H groups in total. The highest BCUT2D eigenvalue weighted by Gasteiger charge is 2.39. The second-order valence-corrected chi connectivity index (χ2v) is 7.27. The van der Waals surface area contributed by atoms with Crippen LogP contribution in [0.4, 0.5) is 24.0 Å². The maximum Gasteiger partial charge on any atom is 0.433 e. The van der Waals surface area contributed by atoms with E-state index in [4.69, 9.17) is 4.74 Å². The Morgan fingerprint density at radius 2 is 2.04 bits per heavy atom. The molecule has 1 aromatic carbocycles. The Morgan fingerprint density at radius 1 is 1.29 bits per heavy atom. The summed E-state index contributed by atoms with van der Waals surface area (Å²) in [7, 11) is 1.15. The maximum absolute atomic E-state index is 13.2. The fourth-order valence-electron chi connectivity index (χ4n) is 3.02. The molecule has 3 aromatic rings. The van der Waals surface area contributed by atoms with Crippen molar-refractivity contribution < 1.29 is 22.7 Å². The van der Waals surface area contributed by atoms with Crippen LogP contribution in [0.15, 0.2) is 24.4 Å². The second kappa shape index (κ2) is 7.06. The number of hydrogen-bond donors (Lipinski definition) is 1. The van der Waals surface area contributed by atoms with E-state index in [1.807, 2.05) is 0 Å². The van der Waals surface area contributed by atoms with Crippen LogP contribution in [0, 0.1) is 0 Å². The van der Waals surface area contributed by atoms with E-state index in [9.17, 15) is 18.0 Å². The number of fused-ring (bicyclic) bond motifs is 1. The Morgan fingerprint density at radius 3 is 2.75 bits per heavy atom. The third kappa shape index (κ3) is 3.54. The van der Waals surface area contributed by atoms with Gasteiger partial charge in [-0.05, 0) is 18.2 Å². The van der Waals surface area contributed by atoms with Crippen molar-refractivity contribution in [3.8, 4) is 0 Å². The van der Waals surface area contributed by atoms with Crippen molar-refractivity contribution in [2.45, 2.75) is 6.18 Å². The summed E-state index contributed by atoms with van der Waals surface area (Å²) >= 11 is 1.46. The van der Waals surface area contributed by atoms with Crippen LogP contribution in [0.1, 0.15) is 16.1 Å². The number of aromatic nitrogens is 3. The summed E-state index contributed by atoms with van der Waals surface area (Å²) in [5.41, 5.74) is -0.444. The van der Waals surface area contributed by atoms with Crippen molar-refractivity contribution in [2.24, 2.45) is 7.05 Å². The van der Waals surface area contributed by atoms with Crippen LogP contribution in [0.25, 0.3) is 10.2 Å². The first-order chi connectivity index (χ1) is 13.3. The minimum Gasteiger partial charge on any atom is -0.378 e. The molecule has 0 bridgehead atoms. The van der Waals surface area contributed by atoms with Crippen LogP contribution >= 0.6 is 11.3 Å². The fraction of sp³-hybridized carbons (Fsp3) is 0.353. The smallest absolute Gasteiger partial charge is 0.378 e. The number of alkyl halides is 3. The van der Waals surface area contributed by atoms with Gasteiger partial charge in [0.05, 0.1) is 35.2 Å². The van der Waals surface area contributed by atoms with Crippen LogP contribution in [-0.2, 0) is 18.0 Å². The van der Waals surface area contributed by atoms with Crippen molar-refractivity contribution in [3.05, 3.63) is 35.7 Å². The summed E-state index contributed by atoms with van der Waals surface area (Å²) in [6.07, 6.45) is -3.76. The van der Waals surface area contributed by atoms with Crippen LogP contribution in [0.5, 0.6) is 0 Å². The van der Waals surface area contributed by atoms with E-state index in [2.05, 4.69) is 20.3 Å². The third-order valence-corrected chi connectivity index (χ3v) is 5.45. The average Bonchev–Trinajstić information content (AvgIpc) is 3.25. The number of morpholine rings is 1. The van der Waals surface area contributed by atoms with Gasteiger partial charge in [-0.2, -0.15) is 18.3 Å². The van der Waals surface area contributed by atoms with Crippen molar-refractivity contribution >= 4 is 38.3 Å². The molecule has 1 aliphatic heterocycles. The van der Waals surface area contributed by atoms with Crippen LogP contribution in [0.3, 0.4) is 0 Å². The summed E-state index contributed by atoms with van der Waals surface area (Å²) in [6, 6.07) is 5.06. The van der Waals surface area contributed by atoms with Gasteiger partial charge in [0.1, 0.15) is 0 Å². The van der Waals surface area contributed by atoms with Gasteiger partial charge in [-0.3, -0.25) is 9.48 Å². The van der Waals surface area contributed by atoms with Gasteiger partial charge >= 0.3 is 6.18 Å². The van der Waals surface area contributed by atoms with Gasteiger partial charge < -0.3 is 15.0 Å². The molecular formula is C17H16F3N5O2S. The van der Waals surface area contributed by atoms with Crippen LogP contribution in [0.2, 0.25) is 0 Å². The van der Waals surface area contributed by atoms with E-state index in [1.54, 1.807) is 18.2 Å². The number of anilines is 2. The number of carbonyl (C=O) groups is 1. The zero-order valence-corrected chi connectivity index (χ0v) is 15.6. The molecule has 11 heteroatoms. The number of ether oxygens (including phenoxy) is 1. The quantitative estimate of drug-likeness (QED) is 0.717. The van der Waals surface area contributed by atoms with Crippen molar-refractivity contribution in [1.29, 1.82) is 0 Å². The number of benzene rings is 1. The summed E-state index contributed by atoms with van der Waals surface area (Å²) < 4.78 is 46.3. The Balaban J connectivity index is 1.57. The number of nitrogens with one attached hydrogen (secondary N) is 1. The minimum atomic E-state index is -4.67. The molecule has 3 heterocycles. The molecule has 0 unspecified atom stereocenters. The monoisotopic (exact) mass is 411 g/mol. The van der Waals surface area contributed by atoms with Gasteiger partial charge in [-0.15, -0.1) is 0 Å². The van der Waals surface area contributed by atoms with E-state index in [0.29, 0.717) is 23.6 Å². The molecule has 0 spiro atoms. The molecule has 0 atom stereocenters. The van der Waals surface area contributed by atoms with Crippen molar-refractivity contribution in [1.82, 2.24) is 14.8 Å². The van der Waals surface area contributed by atoms with Gasteiger partial charge in [-0.25, -0.2) is 4.98 Å². The zero-order valence-electron chi connectivity index (χ0n) is 14.8. The summed E-state index contributed by atoms with van der Waals surface area (Å²) in [4.78, 5) is 19.1. The molecule has 1 fully saturated rings. The second-order valence-electron chi connectivity index (χ2n) is 6.26. The first-order valence-electron chi connectivity index (χ1n) is 8.47. The van der Waals surface area contributed by atoms with E-state index in [-0.39, 0.29) is 0 Å². The number of hydrogen-bond acceptors (Lipinski definition) is 6. The predicted octanol–water partition coefficient (Wildman–Crippen LogP) is 3.14. The van der Waals surface area contributed by atoms with Crippen LogP contribution in [-0.4, -0.2) is 47.0 Å². The average molecular weight is 411 g/mol. The summed E-state index contributed by atoms with van der Waals surface area (Å²) in [5, 5.41) is 6.94. The lowest BCUT2D eigenvalue weighted by Gasteiger charge is -2.25.